The lowest BCUT2D eigenvalue weighted by Gasteiger charge is -1.80. The van der Waals surface area contributed by atoms with Crippen molar-refractivity contribution in [2.24, 2.45) is 0 Å². The van der Waals surface area contributed by atoms with Crippen LogP contribution in [0.15, 0.2) is 0 Å². The summed E-state index contributed by atoms with van der Waals surface area (Å²) in [5.41, 5.74) is 0. The van der Waals surface area contributed by atoms with Gasteiger partial charge in [0.15, 0.2) is 13.7 Å². The van der Waals surface area contributed by atoms with E-state index in [1.165, 1.54) is 0 Å². The van der Waals surface area contributed by atoms with Crippen LogP contribution < -0.4 is 0 Å². The molecule has 0 aliphatic rings. The summed E-state index contributed by atoms with van der Waals surface area (Å²) < 4.78 is 24.6. The smallest absolute Gasteiger partial charge is 0.191 e. The average Bonchev–Trinajstić information content (AvgIpc) is 1.41. The fourth-order valence-electron chi connectivity index (χ4n) is 0.0292. The summed E-state index contributed by atoms with van der Waals surface area (Å²) in [5, 5.41) is 0. The molecule has 0 bridgehead atoms. The lowest BCUT2D eigenvalue weighted by molar-refractivity contribution is 0.00298. The zero-order chi connectivity index (χ0) is 4.12. The van der Waals surface area contributed by atoms with Gasteiger partial charge in [0.05, 0.1) is 0 Å². The van der Waals surface area contributed by atoms with Gasteiger partial charge in [0, 0.05) is 0 Å². The Kier molecular flexibility index (Phi) is 3.68. The molecule has 0 aromatic rings. The van der Waals surface area contributed by atoms with Crippen LogP contribution in [0.4, 0.5) is 8.78 Å². The second-order valence-electron chi connectivity index (χ2n) is 0.422. The first-order chi connectivity index (χ1) is 2.41. The Hall–Kier alpha value is -0.180. The van der Waals surface area contributed by atoms with Crippen LogP contribution in [0.1, 0.15) is 0 Å². The molecule has 0 N–H and O–H groups in total. The normalized spacial score (nSPS) is 8.40. The van der Waals surface area contributed by atoms with Gasteiger partial charge in [-0.3, -0.25) is 0 Å². The van der Waals surface area contributed by atoms with Gasteiger partial charge in [0.25, 0.3) is 0 Å². The van der Waals surface area contributed by atoms with Crippen LogP contribution in [0.3, 0.4) is 0 Å². The first kappa shape index (κ1) is 4.82. The maximum absolute atomic E-state index is 10.5. The second-order valence-corrected chi connectivity index (χ2v) is 0.422. The molecule has 0 radical (unpaired) electrons. The van der Waals surface area contributed by atoms with Crippen molar-refractivity contribution >= 4 is 0 Å². The van der Waals surface area contributed by atoms with Gasteiger partial charge in [-0.05, 0) is 0 Å². The molecule has 1 nitrogen and oxygen atoms in total. The Morgan fingerprint density at radius 1 is 1.20 bits per heavy atom. The highest BCUT2D eigenvalue weighted by Crippen LogP contribution is 1.71. The lowest BCUT2D eigenvalue weighted by atomic mass is 11.4. The van der Waals surface area contributed by atoms with Gasteiger partial charge in [0.2, 0.25) is 0 Å². The van der Waals surface area contributed by atoms with Gasteiger partial charge >= 0.3 is 0 Å². The van der Waals surface area contributed by atoms with Gasteiger partial charge in [-0.15, -0.1) is 0 Å². The van der Waals surface area contributed by atoms with E-state index < -0.39 is 13.7 Å². The van der Waals surface area contributed by atoms with E-state index in [2.05, 4.69) is 4.74 Å². The SMILES string of the molecule is FCOCF. The van der Waals surface area contributed by atoms with Crippen LogP contribution in [0.25, 0.3) is 0 Å². The zero-order valence-corrected chi connectivity index (χ0v) is 2.58. The predicted molar refractivity (Wildman–Crippen MR) is 13.0 cm³/mol. The summed E-state index contributed by atoms with van der Waals surface area (Å²) >= 11 is 0. The Labute approximate surface area is 28.5 Å². The molecule has 0 rings (SSSR count). The summed E-state index contributed by atoms with van der Waals surface area (Å²) in [6, 6.07) is 0. The standard InChI is InChI=1S/C2H4F2O/c3-1-5-2-4/h1-2H2. The average molecular weight is 82.0 g/mol. The summed E-state index contributed by atoms with van der Waals surface area (Å²) in [6.07, 6.45) is 0. The highest BCUT2D eigenvalue weighted by Gasteiger charge is 1.70. The van der Waals surface area contributed by atoms with Gasteiger partial charge in [-0.1, -0.05) is 0 Å². The molecule has 0 heterocycles. The molecule has 0 amide bonds. The molecule has 0 saturated carbocycles. The van der Waals surface area contributed by atoms with Gasteiger partial charge < -0.3 is 4.74 Å². The number of rotatable bonds is 2. The topological polar surface area (TPSA) is 9.23 Å². The molecule has 0 aromatic heterocycles. The largest absolute Gasteiger partial charge is 0.319 e. The maximum Gasteiger partial charge on any atom is 0.191 e. The van der Waals surface area contributed by atoms with Crippen molar-refractivity contribution in [3.05, 3.63) is 0 Å². The van der Waals surface area contributed by atoms with Crippen molar-refractivity contribution < 1.29 is 13.5 Å². The summed E-state index contributed by atoms with van der Waals surface area (Å²) in [6.45, 7) is -2.06. The fourth-order valence-corrected chi connectivity index (χ4v) is 0.0292. The summed E-state index contributed by atoms with van der Waals surface area (Å²) in [5.74, 6) is 0. The first-order valence-electron chi connectivity index (χ1n) is 1.11. The van der Waals surface area contributed by atoms with Crippen LogP contribution in [0, 0.1) is 0 Å². The minimum Gasteiger partial charge on any atom is -0.319 e. The third kappa shape index (κ3) is 3.82. The van der Waals surface area contributed by atoms with E-state index in [0.717, 1.165) is 0 Å². The van der Waals surface area contributed by atoms with Crippen molar-refractivity contribution in [2.75, 3.05) is 13.7 Å². The van der Waals surface area contributed by atoms with Gasteiger partial charge in [-0.25, -0.2) is 8.78 Å². The van der Waals surface area contributed by atoms with E-state index in [1.807, 2.05) is 0 Å². The quantitative estimate of drug-likeness (QED) is 0.480. The molecule has 0 spiro atoms. The second kappa shape index (κ2) is 3.82. The third-order valence-corrected chi connectivity index (χ3v) is 0.154. The number of hydrogen-bond acceptors (Lipinski definition) is 1. The predicted octanol–water partition coefficient (Wildman–Crippen LogP) is 0.857. The Morgan fingerprint density at radius 3 is 1.60 bits per heavy atom. The van der Waals surface area contributed by atoms with Gasteiger partial charge in [-0.2, -0.15) is 0 Å². The van der Waals surface area contributed by atoms with E-state index in [9.17, 15) is 8.78 Å². The molecule has 0 atom stereocenters. The highest BCUT2D eigenvalue weighted by atomic mass is 19.2. The van der Waals surface area contributed by atoms with E-state index in [4.69, 9.17) is 0 Å². The molecule has 32 valence electrons. The number of halogens is 2. The van der Waals surface area contributed by atoms with E-state index in [0.29, 0.717) is 0 Å². The summed E-state index contributed by atoms with van der Waals surface area (Å²) in [7, 11) is 0. The van der Waals surface area contributed by atoms with Gasteiger partial charge in [0.1, 0.15) is 0 Å². The lowest BCUT2D eigenvalue weighted by Crippen LogP contribution is -1.80. The van der Waals surface area contributed by atoms with Crippen LogP contribution >= 0.6 is 0 Å². The van der Waals surface area contributed by atoms with Crippen molar-refractivity contribution in [2.45, 2.75) is 0 Å². The van der Waals surface area contributed by atoms with E-state index in [1.54, 1.807) is 0 Å². The third-order valence-electron chi connectivity index (χ3n) is 0.154. The molecule has 0 unspecified atom stereocenters. The molecule has 5 heavy (non-hydrogen) atoms. The molecular weight excluding hydrogens is 78.0 g/mol. The molecule has 0 aliphatic carbocycles. The molecule has 3 heteroatoms. The summed E-state index contributed by atoms with van der Waals surface area (Å²) in [4.78, 5) is 0. The van der Waals surface area contributed by atoms with E-state index >= 15 is 0 Å². The number of hydrogen-bond donors (Lipinski definition) is 0. The first-order valence-corrected chi connectivity index (χ1v) is 1.11. The molecular formula is C2H4F2O. The van der Waals surface area contributed by atoms with Crippen molar-refractivity contribution in [1.82, 2.24) is 0 Å². The highest BCUT2D eigenvalue weighted by molar-refractivity contribution is 3.85. The van der Waals surface area contributed by atoms with Crippen LogP contribution in [-0.2, 0) is 4.74 Å². The van der Waals surface area contributed by atoms with Crippen LogP contribution in [0.5, 0.6) is 0 Å². The zero-order valence-electron chi connectivity index (χ0n) is 2.58. The maximum atomic E-state index is 10.5. The molecule has 0 aromatic carbocycles. The van der Waals surface area contributed by atoms with Crippen molar-refractivity contribution in [1.29, 1.82) is 0 Å². The van der Waals surface area contributed by atoms with Crippen LogP contribution in [-0.4, -0.2) is 13.7 Å². The van der Waals surface area contributed by atoms with E-state index in [-0.39, 0.29) is 0 Å². The molecule has 0 aliphatic heterocycles. The molecule has 0 fully saturated rings. The fraction of sp³-hybridized carbons (Fsp3) is 1.00. The Balaban J connectivity index is 2.19. The Morgan fingerprint density at radius 2 is 1.60 bits per heavy atom. The van der Waals surface area contributed by atoms with Crippen molar-refractivity contribution in [3.8, 4) is 0 Å². The van der Waals surface area contributed by atoms with Crippen molar-refractivity contribution in [3.63, 3.8) is 0 Å². The van der Waals surface area contributed by atoms with Crippen LogP contribution in [0.2, 0.25) is 0 Å². The number of alkyl halides is 2. The molecule has 0 saturated heterocycles. The number of ether oxygens (including phenoxy) is 1. The Bertz CT molecular complexity index is 15.1. The monoisotopic (exact) mass is 82.0 g/mol. The minimum absolute atomic E-state index is 1.03. The minimum atomic E-state index is -1.03.